The number of anilines is 1. The quantitative estimate of drug-likeness (QED) is 0.775. The SMILES string of the molecule is Cc1cc(NC[C@@H]2CC(=O)N(C)[C@H]2c2cccnc2)n2ncnc2n1. The number of aryl methyl sites for hydroxylation is 1. The predicted molar refractivity (Wildman–Crippen MR) is 91.9 cm³/mol. The number of nitrogens with zero attached hydrogens (tertiary/aromatic N) is 6. The van der Waals surface area contributed by atoms with Crippen molar-refractivity contribution in [2.75, 3.05) is 18.9 Å². The van der Waals surface area contributed by atoms with Crippen LogP contribution in [-0.2, 0) is 4.79 Å². The van der Waals surface area contributed by atoms with E-state index in [4.69, 9.17) is 0 Å². The van der Waals surface area contributed by atoms with Crippen molar-refractivity contribution in [1.82, 2.24) is 29.5 Å². The van der Waals surface area contributed by atoms with Crippen LogP contribution in [0, 0.1) is 12.8 Å². The molecule has 3 aromatic heterocycles. The van der Waals surface area contributed by atoms with Crippen LogP contribution in [0.1, 0.15) is 23.7 Å². The van der Waals surface area contributed by atoms with Gasteiger partial charge in [-0.1, -0.05) is 6.07 Å². The Morgan fingerprint density at radius 2 is 2.28 bits per heavy atom. The maximum atomic E-state index is 12.2. The summed E-state index contributed by atoms with van der Waals surface area (Å²) in [6, 6.07) is 5.87. The smallest absolute Gasteiger partial charge is 0.254 e. The third-order valence-corrected chi connectivity index (χ3v) is 4.65. The standard InChI is InChI=1S/C17H19N7O/c1-11-6-14(24-17(22-11)20-10-21-24)19-9-13-7-15(25)23(2)16(13)12-4-3-5-18-8-12/h3-6,8,10,13,16,19H,7,9H2,1-2H3/t13-,16-/m0/s1. The molecule has 8 nitrogen and oxygen atoms in total. The van der Waals surface area contributed by atoms with Crippen molar-refractivity contribution in [1.29, 1.82) is 0 Å². The number of nitrogens with one attached hydrogen (secondary N) is 1. The number of hydrogen-bond donors (Lipinski definition) is 1. The van der Waals surface area contributed by atoms with Crippen LogP contribution in [0.15, 0.2) is 36.9 Å². The van der Waals surface area contributed by atoms with Crippen LogP contribution in [0.25, 0.3) is 5.78 Å². The van der Waals surface area contributed by atoms with E-state index in [0.29, 0.717) is 18.7 Å². The van der Waals surface area contributed by atoms with Gasteiger partial charge < -0.3 is 10.2 Å². The molecule has 0 unspecified atom stereocenters. The van der Waals surface area contributed by atoms with E-state index < -0.39 is 0 Å². The highest BCUT2D eigenvalue weighted by atomic mass is 16.2. The van der Waals surface area contributed by atoms with Crippen LogP contribution in [0.4, 0.5) is 5.82 Å². The van der Waals surface area contributed by atoms with Gasteiger partial charge in [0.1, 0.15) is 12.1 Å². The Morgan fingerprint density at radius 3 is 3.08 bits per heavy atom. The van der Waals surface area contributed by atoms with Gasteiger partial charge in [0.15, 0.2) is 0 Å². The molecule has 0 radical (unpaired) electrons. The molecule has 1 amide bonds. The predicted octanol–water partition coefficient (Wildman–Crippen LogP) is 1.46. The summed E-state index contributed by atoms with van der Waals surface area (Å²) in [6.07, 6.45) is 5.57. The van der Waals surface area contributed by atoms with Crippen LogP contribution in [0.5, 0.6) is 0 Å². The molecule has 1 saturated heterocycles. The highest BCUT2D eigenvalue weighted by Gasteiger charge is 2.38. The minimum Gasteiger partial charge on any atom is -0.369 e. The van der Waals surface area contributed by atoms with Crippen molar-refractivity contribution in [3.63, 3.8) is 0 Å². The molecule has 1 aliphatic heterocycles. The van der Waals surface area contributed by atoms with Crippen LogP contribution in [0.2, 0.25) is 0 Å². The molecule has 0 aliphatic carbocycles. The molecule has 0 spiro atoms. The number of aromatic nitrogens is 5. The van der Waals surface area contributed by atoms with Gasteiger partial charge in [0.25, 0.3) is 5.78 Å². The number of carbonyl (C=O) groups is 1. The summed E-state index contributed by atoms with van der Waals surface area (Å²) in [4.78, 5) is 26.7. The lowest BCUT2D eigenvalue weighted by Gasteiger charge is -2.25. The first-order valence-electron chi connectivity index (χ1n) is 8.20. The molecule has 0 bridgehead atoms. The van der Waals surface area contributed by atoms with Gasteiger partial charge in [-0.3, -0.25) is 9.78 Å². The van der Waals surface area contributed by atoms with Crippen LogP contribution in [-0.4, -0.2) is 49.0 Å². The largest absolute Gasteiger partial charge is 0.369 e. The molecule has 8 heteroatoms. The van der Waals surface area contributed by atoms with E-state index >= 15 is 0 Å². The van der Waals surface area contributed by atoms with E-state index in [0.717, 1.165) is 17.1 Å². The molecule has 0 aromatic carbocycles. The van der Waals surface area contributed by atoms with Crippen molar-refractivity contribution in [2.24, 2.45) is 5.92 Å². The second-order valence-corrected chi connectivity index (χ2v) is 6.34. The van der Waals surface area contributed by atoms with Crippen LogP contribution >= 0.6 is 0 Å². The first kappa shape index (κ1) is 15.5. The number of likely N-dealkylation sites (tertiary alicyclic amines) is 1. The average molecular weight is 337 g/mol. The minimum atomic E-state index is 0.0165. The fourth-order valence-corrected chi connectivity index (χ4v) is 3.47. The maximum absolute atomic E-state index is 12.2. The highest BCUT2D eigenvalue weighted by Crippen LogP contribution is 2.36. The normalized spacial score (nSPS) is 20.4. The van der Waals surface area contributed by atoms with Gasteiger partial charge in [0.2, 0.25) is 5.91 Å². The summed E-state index contributed by atoms with van der Waals surface area (Å²) in [7, 11) is 1.85. The zero-order valence-corrected chi connectivity index (χ0v) is 14.1. The molecule has 3 aromatic rings. The number of pyridine rings is 1. The lowest BCUT2D eigenvalue weighted by atomic mass is 9.94. The van der Waals surface area contributed by atoms with Crippen molar-refractivity contribution < 1.29 is 4.79 Å². The van der Waals surface area contributed by atoms with Crippen molar-refractivity contribution in [3.05, 3.63) is 48.2 Å². The van der Waals surface area contributed by atoms with Gasteiger partial charge in [-0.2, -0.15) is 14.6 Å². The Morgan fingerprint density at radius 1 is 1.40 bits per heavy atom. The van der Waals surface area contributed by atoms with Crippen molar-refractivity contribution in [3.8, 4) is 0 Å². The van der Waals surface area contributed by atoms with E-state index in [-0.39, 0.29) is 17.9 Å². The number of hydrogen-bond acceptors (Lipinski definition) is 6. The van der Waals surface area contributed by atoms with E-state index in [1.165, 1.54) is 6.33 Å². The molecular formula is C17H19N7O. The Kier molecular flexibility index (Phi) is 3.79. The van der Waals surface area contributed by atoms with Gasteiger partial charge >= 0.3 is 0 Å². The lowest BCUT2D eigenvalue weighted by molar-refractivity contribution is -0.127. The van der Waals surface area contributed by atoms with Gasteiger partial charge in [0.05, 0.1) is 6.04 Å². The van der Waals surface area contributed by atoms with Crippen molar-refractivity contribution in [2.45, 2.75) is 19.4 Å². The summed E-state index contributed by atoms with van der Waals surface area (Å²) in [5.74, 6) is 1.68. The number of amides is 1. The summed E-state index contributed by atoms with van der Waals surface area (Å²) in [5.41, 5.74) is 1.92. The average Bonchev–Trinajstić information content (AvgIpc) is 3.18. The van der Waals surface area contributed by atoms with E-state index in [1.807, 2.05) is 43.3 Å². The second kappa shape index (κ2) is 6.12. The fourth-order valence-electron chi connectivity index (χ4n) is 3.47. The Hall–Kier alpha value is -3.03. The molecule has 0 saturated carbocycles. The lowest BCUT2D eigenvalue weighted by Crippen LogP contribution is -2.27. The maximum Gasteiger partial charge on any atom is 0.254 e. The molecule has 25 heavy (non-hydrogen) atoms. The molecule has 4 heterocycles. The zero-order chi connectivity index (χ0) is 17.4. The second-order valence-electron chi connectivity index (χ2n) is 6.34. The Balaban J connectivity index is 1.58. The van der Waals surface area contributed by atoms with Gasteiger partial charge in [0, 0.05) is 50.1 Å². The minimum absolute atomic E-state index is 0.0165. The number of carbonyl (C=O) groups excluding carboxylic acids is 1. The fraction of sp³-hybridized carbons (Fsp3) is 0.353. The Labute approximate surface area is 144 Å². The third kappa shape index (κ3) is 2.79. The third-order valence-electron chi connectivity index (χ3n) is 4.65. The topological polar surface area (TPSA) is 88.3 Å². The zero-order valence-electron chi connectivity index (χ0n) is 14.1. The molecule has 1 aliphatic rings. The van der Waals surface area contributed by atoms with E-state index in [9.17, 15) is 4.79 Å². The van der Waals surface area contributed by atoms with Crippen LogP contribution in [0.3, 0.4) is 0 Å². The van der Waals surface area contributed by atoms with E-state index in [2.05, 4.69) is 25.4 Å². The molecule has 2 atom stereocenters. The number of fused-ring (bicyclic) bond motifs is 1. The highest BCUT2D eigenvalue weighted by molar-refractivity contribution is 5.79. The summed E-state index contributed by atoms with van der Waals surface area (Å²) >= 11 is 0. The number of rotatable bonds is 4. The summed E-state index contributed by atoms with van der Waals surface area (Å²) in [5, 5.41) is 7.62. The molecule has 128 valence electrons. The van der Waals surface area contributed by atoms with Crippen molar-refractivity contribution >= 4 is 17.5 Å². The molecule has 1 N–H and O–H groups in total. The monoisotopic (exact) mass is 337 g/mol. The van der Waals surface area contributed by atoms with Gasteiger partial charge in [-0.15, -0.1) is 0 Å². The molecular weight excluding hydrogens is 318 g/mol. The first-order valence-corrected chi connectivity index (χ1v) is 8.20. The summed E-state index contributed by atoms with van der Waals surface area (Å²) in [6.45, 7) is 2.57. The van der Waals surface area contributed by atoms with Crippen LogP contribution < -0.4 is 5.32 Å². The summed E-state index contributed by atoms with van der Waals surface area (Å²) < 4.78 is 1.67. The Bertz CT molecular complexity index is 908. The van der Waals surface area contributed by atoms with Gasteiger partial charge in [-0.25, -0.2) is 4.98 Å². The molecule has 1 fully saturated rings. The van der Waals surface area contributed by atoms with Gasteiger partial charge in [-0.05, 0) is 18.6 Å². The van der Waals surface area contributed by atoms with E-state index in [1.54, 1.807) is 10.7 Å². The molecule has 4 rings (SSSR count). The first-order chi connectivity index (χ1) is 12.1.